The Morgan fingerprint density at radius 2 is 1.28 bits per heavy atom. The van der Waals surface area contributed by atoms with E-state index in [9.17, 15) is 4.79 Å². The lowest BCUT2D eigenvalue weighted by atomic mass is 9.92. The predicted octanol–water partition coefficient (Wildman–Crippen LogP) is 8.69. The molecule has 6 aromatic carbocycles. The van der Waals surface area contributed by atoms with Gasteiger partial charge in [0.05, 0.1) is 5.52 Å². The Kier molecular flexibility index (Phi) is 4.68. The highest BCUT2D eigenvalue weighted by atomic mass is 16.1. The molecule has 36 heavy (non-hydrogen) atoms. The van der Waals surface area contributed by atoms with Crippen molar-refractivity contribution in [2.75, 3.05) is 0 Å². The molecule has 0 saturated heterocycles. The summed E-state index contributed by atoms with van der Waals surface area (Å²) in [5.74, 6) is 0. The topological polar surface area (TPSA) is 22.0 Å². The van der Waals surface area contributed by atoms with Crippen LogP contribution in [-0.2, 0) is 6.54 Å². The SMILES string of the molecule is CCCn1c(=O)c2ccccc2c2cc(-c3cccc4c3ccc3cc5ccccc5cc34)ccc21. The fourth-order valence-electron chi connectivity index (χ4n) is 5.79. The van der Waals surface area contributed by atoms with Gasteiger partial charge in [-0.3, -0.25) is 4.79 Å². The normalized spacial score (nSPS) is 11.8. The predicted molar refractivity (Wildman–Crippen MR) is 154 cm³/mol. The van der Waals surface area contributed by atoms with Crippen LogP contribution < -0.4 is 5.56 Å². The number of aromatic nitrogens is 1. The number of hydrogen-bond donors (Lipinski definition) is 0. The molecule has 0 atom stereocenters. The lowest BCUT2D eigenvalue weighted by Gasteiger charge is -2.15. The number of nitrogens with zero attached hydrogens (tertiary/aromatic N) is 1. The highest BCUT2D eigenvalue weighted by Crippen LogP contribution is 2.36. The molecule has 172 valence electrons. The second-order valence-electron chi connectivity index (χ2n) is 9.62. The van der Waals surface area contributed by atoms with Crippen molar-refractivity contribution in [3.8, 4) is 11.1 Å². The van der Waals surface area contributed by atoms with Gasteiger partial charge in [0, 0.05) is 17.3 Å². The third-order valence-electron chi connectivity index (χ3n) is 7.48. The van der Waals surface area contributed by atoms with Gasteiger partial charge in [-0.05, 0) is 85.6 Å². The summed E-state index contributed by atoms with van der Waals surface area (Å²) in [5, 5.41) is 10.5. The van der Waals surface area contributed by atoms with Crippen LogP contribution in [0.5, 0.6) is 0 Å². The quantitative estimate of drug-likeness (QED) is 0.190. The van der Waals surface area contributed by atoms with Crippen LogP contribution in [0, 0.1) is 0 Å². The first-order chi connectivity index (χ1) is 17.7. The monoisotopic (exact) mass is 463 g/mol. The van der Waals surface area contributed by atoms with E-state index < -0.39 is 0 Å². The van der Waals surface area contributed by atoms with E-state index in [0.717, 1.165) is 28.1 Å². The smallest absolute Gasteiger partial charge is 0.258 e. The van der Waals surface area contributed by atoms with Crippen molar-refractivity contribution in [2.45, 2.75) is 19.9 Å². The van der Waals surface area contributed by atoms with Crippen LogP contribution in [0.15, 0.2) is 114 Å². The van der Waals surface area contributed by atoms with Gasteiger partial charge < -0.3 is 4.57 Å². The van der Waals surface area contributed by atoms with Crippen molar-refractivity contribution < 1.29 is 0 Å². The van der Waals surface area contributed by atoms with Gasteiger partial charge in [-0.25, -0.2) is 0 Å². The molecule has 2 nitrogen and oxygen atoms in total. The molecule has 7 aromatic rings. The fraction of sp³-hybridized carbons (Fsp3) is 0.0882. The van der Waals surface area contributed by atoms with E-state index in [1.807, 2.05) is 22.8 Å². The van der Waals surface area contributed by atoms with Gasteiger partial charge in [0.15, 0.2) is 0 Å². The third kappa shape index (κ3) is 3.08. The number of aryl methyl sites for hydroxylation is 1. The molecular formula is C34H25NO. The van der Waals surface area contributed by atoms with E-state index in [0.29, 0.717) is 6.54 Å². The largest absolute Gasteiger partial charge is 0.308 e. The molecule has 0 aliphatic carbocycles. The van der Waals surface area contributed by atoms with Crippen LogP contribution in [-0.4, -0.2) is 4.57 Å². The molecule has 0 fully saturated rings. The lowest BCUT2D eigenvalue weighted by Crippen LogP contribution is -2.20. The highest BCUT2D eigenvalue weighted by Gasteiger charge is 2.13. The van der Waals surface area contributed by atoms with Crippen molar-refractivity contribution in [3.63, 3.8) is 0 Å². The minimum absolute atomic E-state index is 0.0940. The van der Waals surface area contributed by atoms with Crippen LogP contribution in [0.25, 0.3) is 65.1 Å². The summed E-state index contributed by atoms with van der Waals surface area (Å²) in [5.41, 5.74) is 3.47. The van der Waals surface area contributed by atoms with Crippen molar-refractivity contribution in [3.05, 3.63) is 120 Å². The molecule has 0 amide bonds. The number of rotatable bonds is 3. The Morgan fingerprint density at radius 1 is 0.556 bits per heavy atom. The first kappa shape index (κ1) is 20.9. The number of pyridine rings is 1. The molecule has 0 aliphatic heterocycles. The molecule has 0 N–H and O–H groups in total. The first-order valence-electron chi connectivity index (χ1n) is 12.6. The molecule has 2 heteroatoms. The minimum atomic E-state index is 0.0940. The van der Waals surface area contributed by atoms with Crippen LogP contribution in [0.3, 0.4) is 0 Å². The molecule has 0 spiro atoms. The molecule has 0 aliphatic rings. The van der Waals surface area contributed by atoms with Crippen molar-refractivity contribution >= 4 is 54.0 Å². The van der Waals surface area contributed by atoms with Gasteiger partial charge in [0.2, 0.25) is 0 Å². The maximum absolute atomic E-state index is 13.2. The van der Waals surface area contributed by atoms with Crippen LogP contribution in [0.1, 0.15) is 13.3 Å². The summed E-state index contributed by atoms with van der Waals surface area (Å²) < 4.78 is 1.93. The second kappa shape index (κ2) is 8.07. The Hall–Kier alpha value is -4.43. The van der Waals surface area contributed by atoms with Gasteiger partial charge in [-0.2, -0.15) is 0 Å². The van der Waals surface area contributed by atoms with Gasteiger partial charge in [-0.1, -0.05) is 85.8 Å². The lowest BCUT2D eigenvalue weighted by molar-refractivity contribution is 0.683. The molecule has 0 saturated carbocycles. The van der Waals surface area contributed by atoms with E-state index in [1.165, 1.54) is 43.4 Å². The molecular weight excluding hydrogens is 438 g/mol. The van der Waals surface area contributed by atoms with E-state index in [-0.39, 0.29) is 5.56 Å². The summed E-state index contributed by atoms with van der Waals surface area (Å²) in [6.45, 7) is 2.83. The molecule has 0 radical (unpaired) electrons. The number of benzene rings is 6. The Balaban J connectivity index is 1.52. The molecule has 0 bridgehead atoms. The van der Waals surface area contributed by atoms with Crippen molar-refractivity contribution in [1.82, 2.24) is 4.57 Å². The Morgan fingerprint density at radius 3 is 2.11 bits per heavy atom. The zero-order chi connectivity index (χ0) is 24.2. The van der Waals surface area contributed by atoms with Crippen LogP contribution >= 0.6 is 0 Å². The summed E-state index contributed by atoms with van der Waals surface area (Å²) in [4.78, 5) is 13.2. The molecule has 7 rings (SSSR count). The number of fused-ring (bicyclic) bond motifs is 7. The van der Waals surface area contributed by atoms with Gasteiger partial charge >= 0.3 is 0 Å². The summed E-state index contributed by atoms with van der Waals surface area (Å²) in [7, 11) is 0. The standard InChI is InChI=1S/C34H25NO/c1-2-18-35-33-17-15-25(21-32(33)28-10-5-6-11-30(28)34(35)36)26-12-7-13-27-29(26)16-14-24-19-22-8-3-4-9-23(22)20-31(24)27/h3-17,19-21H,2,18H2,1H3. The van der Waals surface area contributed by atoms with E-state index in [1.54, 1.807) is 0 Å². The Labute approximate surface area is 209 Å². The Bertz CT molecular complexity index is 2030. The zero-order valence-corrected chi connectivity index (χ0v) is 20.2. The maximum atomic E-state index is 13.2. The van der Waals surface area contributed by atoms with E-state index in [2.05, 4.69) is 97.9 Å². The molecule has 0 unspecified atom stereocenters. The van der Waals surface area contributed by atoms with Gasteiger partial charge in [0.25, 0.3) is 5.56 Å². The average molecular weight is 464 g/mol. The fourth-order valence-corrected chi connectivity index (χ4v) is 5.79. The van der Waals surface area contributed by atoms with Crippen molar-refractivity contribution in [2.24, 2.45) is 0 Å². The minimum Gasteiger partial charge on any atom is -0.308 e. The van der Waals surface area contributed by atoms with E-state index in [4.69, 9.17) is 0 Å². The maximum Gasteiger partial charge on any atom is 0.258 e. The summed E-state index contributed by atoms with van der Waals surface area (Å²) in [6.07, 6.45) is 0.917. The number of hydrogen-bond acceptors (Lipinski definition) is 1. The second-order valence-corrected chi connectivity index (χ2v) is 9.62. The summed E-state index contributed by atoms with van der Waals surface area (Å²) >= 11 is 0. The summed E-state index contributed by atoms with van der Waals surface area (Å²) in [6, 6.07) is 38.8. The van der Waals surface area contributed by atoms with E-state index >= 15 is 0 Å². The van der Waals surface area contributed by atoms with Crippen LogP contribution in [0.4, 0.5) is 0 Å². The average Bonchev–Trinajstić information content (AvgIpc) is 2.93. The van der Waals surface area contributed by atoms with Gasteiger partial charge in [-0.15, -0.1) is 0 Å². The molecule has 1 aromatic heterocycles. The highest BCUT2D eigenvalue weighted by molar-refractivity contribution is 6.16. The zero-order valence-electron chi connectivity index (χ0n) is 20.2. The van der Waals surface area contributed by atoms with Crippen LogP contribution in [0.2, 0.25) is 0 Å². The van der Waals surface area contributed by atoms with Crippen molar-refractivity contribution in [1.29, 1.82) is 0 Å². The third-order valence-corrected chi connectivity index (χ3v) is 7.48. The first-order valence-corrected chi connectivity index (χ1v) is 12.6. The van der Waals surface area contributed by atoms with Gasteiger partial charge in [0.1, 0.15) is 0 Å². The molecule has 1 heterocycles.